The summed E-state index contributed by atoms with van der Waals surface area (Å²) in [5.41, 5.74) is 6.17. The van der Waals surface area contributed by atoms with Crippen LogP contribution in [0.4, 0.5) is 14.5 Å². The minimum atomic E-state index is -2.47. The maximum Gasteiger partial charge on any atom is 0.248 e. The molecule has 0 unspecified atom stereocenters. The molecule has 0 spiro atoms. The maximum atomic E-state index is 12.5. The van der Waals surface area contributed by atoms with E-state index in [0.29, 0.717) is 18.0 Å². The molecule has 1 aromatic carbocycles. The molecule has 4 heteroatoms. The molecular weight excluding hydrogens is 200 g/mol. The Labute approximate surface area is 87.0 Å². The zero-order valence-electron chi connectivity index (χ0n) is 8.25. The van der Waals surface area contributed by atoms with Crippen LogP contribution in [-0.4, -0.2) is 12.5 Å². The lowest BCUT2D eigenvalue weighted by Gasteiger charge is -2.34. The molecule has 1 saturated carbocycles. The normalized spacial score (nSPS) is 19.6. The topological polar surface area (TPSA) is 35.2 Å². The van der Waals surface area contributed by atoms with Crippen LogP contribution in [0, 0.1) is 5.92 Å². The van der Waals surface area contributed by atoms with E-state index in [2.05, 4.69) is 0 Å². The molecule has 1 aromatic rings. The number of alkyl halides is 2. The zero-order valence-corrected chi connectivity index (χ0v) is 8.25. The van der Waals surface area contributed by atoms with Crippen LogP contribution in [0.5, 0.6) is 5.75 Å². The molecule has 2 rings (SSSR count). The van der Waals surface area contributed by atoms with Gasteiger partial charge in [0, 0.05) is 30.5 Å². The van der Waals surface area contributed by atoms with E-state index < -0.39 is 5.92 Å². The quantitative estimate of drug-likeness (QED) is 0.783. The summed E-state index contributed by atoms with van der Waals surface area (Å²) >= 11 is 0. The third kappa shape index (κ3) is 2.58. The van der Waals surface area contributed by atoms with E-state index in [-0.39, 0.29) is 18.8 Å². The Balaban J connectivity index is 1.80. The van der Waals surface area contributed by atoms with Crippen LogP contribution in [0.25, 0.3) is 0 Å². The van der Waals surface area contributed by atoms with Crippen molar-refractivity contribution in [1.29, 1.82) is 0 Å². The first-order valence-electron chi connectivity index (χ1n) is 4.91. The van der Waals surface area contributed by atoms with Gasteiger partial charge in [0.2, 0.25) is 5.92 Å². The monoisotopic (exact) mass is 213 g/mol. The molecule has 0 radical (unpaired) electrons. The molecule has 2 N–H and O–H groups in total. The van der Waals surface area contributed by atoms with Crippen molar-refractivity contribution in [1.82, 2.24) is 0 Å². The Hall–Kier alpha value is -1.32. The van der Waals surface area contributed by atoms with Crippen LogP contribution in [0.1, 0.15) is 12.8 Å². The fourth-order valence-electron chi connectivity index (χ4n) is 1.72. The number of hydrogen-bond acceptors (Lipinski definition) is 2. The highest BCUT2D eigenvalue weighted by Gasteiger charge is 2.45. The number of benzene rings is 1. The molecule has 0 bridgehead atoms. The van der Waals surface area contributed by atoms with Crippen LogP contribution in [-0.2, 0) is 0 Å². The Bertz CT molecular complexity index is 346. The van der Waals surface area contributed by atoms with Gasteiger partial charge in [0.05, 0.1) is 6.61 Å². The Morgan fingerprint density at radius 2 is 2.13 bits per heavy atom. The molecule has 0 aromatic heterocycles. The Kier molecular flexibility index (Phi) is 2.50. The van der Waals surface area contributed by atoms with Crippen molar-refractivity contribution >= 4 is 5.69 Å². The third-order valence-corrected chi connectivity index (χ3v) is 2.52. The smallest absolute Gasteiger partial charge is 0.248 e. The lowest BCUT2D eigenvalue weighted by atomic mass is 9.82. The van der Waals surface area contributed by atoms with Gasteiger partial charge in [-0.15, -0.1) is 0 Å². The van der Waals surface area contributed by atoms with Crippen LogP contribution >= 0.6 is 0 Å². The number of nitrogens with two attached hydrogens (primary N) is 1. The highest BCUT2D eigenvalue weighted by molar-refractivity contribution is 5.43. The van der Waals surface area contributed by atoms with Crippen LogP contribution in [0.2, 0.25) is 0 Å². The molecule has 0 atom stereocenters. The van der Waals surface area contributed by atoms with Gasteiger partial charge in [0.1, 0.15) is 5.75 Å². The third-order valence-electron chi connectivity index (χ3n) is 2.52. The summed E-state index contributed by atoms with van der Waals surface area (Å²) in [4.78, 5) is 0. The summed E-state index contributed by atoms with van der Waals surface area (Å²) in [6.07, 6.45) is -0.120. The van der Waals surface area contributed by atoms with Gasteiger partial charge >= 0.3 is 0 Å². The van der Waals surface area contributed by atoms with E-state index in [1.54, 1.807) is 24.3 Å². The van der Waals surface area contributed by atoms with E-state index in [9.17, 15) is 8.78 Å². The molecule has 1 aliphatic carbocycles. The second-order valence-electron chi connectivity index (χ2n) is 4.01. The van der Waals surface area contributed by atoms with Crippen LogP contribution in [0.3, 0.4) is 0 Å². The zero-order chi connectivity index (χ0) is 10.9. The Morgan fingerprint density at radius 1 is 1.40 bits per heavy atom. The van der Waals surface area contributed by atoms with Crippen molar-refractivity contribution in [2.45, 2.75) is 18.8 Å². The SMILES string of the molecule is Nc1cccc(OCC2CC(F)(F)C2)c1. The second-order valence-corrected chi connectivity index (χ2v) is 4.01. The summed E-state index contributed by atoms with van der Waals surface area (Å²) in [5.74, 6) is -1.85. The minimum absolute atomic E-state index is 0.0265. The molecule has 0 amide bonds. The summed E-state index contributed by atoms with van der Waals surface area (Å²) in [6.45, 7) is 0.346. The standard InChI is InChI=1S/C11H13F2NO/c12-11(13)5-8(6-11)7-15-10-3-1-2-9(14)4-10/h1-4,8H,5-7,14H2. The number of rotatable bonds is 3. The fraction of sp³-hybridized carbons (Fsp3) is 0.455. The van der Waals surface area contributed by atoms with E-state index in [1.165, 1.54) is 0 Å². The molecule has 1 fully saturated rings. The number of halogens is 2. The average molecular weight is 213 g/mol. The molecule has 0 heterocycles. The molecule has 0 aliphatic heterocycles. The fourth-order valence-corrected chi connectivity index (χ4v) is 1.72. The lowest BCUT2D eigenvalue weighted by molar-refractivity contribution is -0.119. The highest BCUT2D eigenvalue weighted by Crippen LogP contribution is 2.42. The highest BCUT2D eigenvalue weighted by atomic mass is 19.3. The lowest BCUT2D eigenvalue weighted by Crippen LogP contribution is -2.38. The van der Waals surface area contributed by atoms with Gasteiger partial charge in [0.15, 0.2) is 0 Å². The Morgan fingerprint density at radius 3 is 2.73 bits per heavy atom. The molecule has 15 heavy (non-hydrogen) atoms. The predicted molar refractivity (Wildman–Crippen MR) is 54.0 cm³/mol. The van der Waals surface area contributed by atoms with Crippen molar-refractivity contribution in [3.8, 4) is 5.75 Å². The number of ether oxygens (including phenoxy) is 1. The van der Waals surface area contributed by atoms with Crippen molar-refractivity contribution in [3.63, 3.8) is 0 Å². The van der Waals surface area contributed by atoms with Crippen LogP contribution < -0.4 is 10.5 Å². The average Bonchev–Trinajstić information content (AvgIpc) is 2.11. The van der Waals surface area contributed by atoms with E-state index >= 15 is 0 Å². The van der Waals surface area contributed by atoms with Crippen molar-refractivity contribution < 1.29 is 13.5 Å². The molecule has 82 valence electrons. The summed E-state index contributed by atoms with van der Waals surface area (Å²) in [6, 6.07) is 6.99. The molecule has 1 aliphatic rings. The van der Waals surface area contributed by atoms with Gasteiger partial charge in [-0.05, 0) is 12.1 Å². The van der Waals surface area contributed by atoms with E-state index in [4.69, 9.17) is 10.5 Å². The minimum Gasteiger partial charge on any atom is -0.493 e. The van der Waals surface area contributed by atoms with Gasteiger partial charge in [-0.3, -0.25) is 0 Å². The molecule has 0 saturated heterocycles. The predicted octanol–water partition coefficient (Wildman–Crippen LogP) is 2.69. The van der Waals surface area contributed by atoms with E-state index in [1.807, 2.05) is 0 Å². The van der Waals surface area contributed by atoms with E-state index in [0.717, 1.165) is 0 Å². The summed E-state index contributed by atoms with van der Waals surface area (Å²) in [5, 5.41) is 0. The van der Waals surface area contributed by atoms with Crippen molar-refractivity contribution in [2.75, 3.05) is 12.3 Å². The number of anilines is 1. The van der Waals surface area contributed by atoms with Crippen molar-refractivity contribution in [2.24, 2.45) is 5.92 Å². The first-order valence-corrected chi connectivity index (χ1v) is 4.91. The van der Waals surface area contributed by atoms with Gasteiger partial charge < -0.3 is 10.5 Å². The summed E-state index contributed by atoms with van der Waals surface area (Å²) < 4.78 is 30.4. The molecular formula is C11H13F2NO. The number of nitrogen functional groups attached to an aromatic ring is 1. The summed E-state index contributed by atoms with van der Waals surface area (Å²) in [7, 11) is 0. The van der Waals surface area contributed by atoms with Crippen LogP contribution in [0.15, 0.2) is 24.3 Å². The van der Waals surface area contributed by atoms with Crippen molar-refractivity contribution in [3.05, 3.63) is 24.3 Å². The van der Waals surface area contributed by atoms with Gasteiger partial charge in [-0.25, -0.2) is 8.78 Å². The molecule has 2 nitrogen and oxygen atoms in total. The largest absolute Gasteiger partial charge is 0.493 e. The second kappa shape index (κ2) is 3.68. The van der Waals surface area contributed by atoms with Gasteiger partial charge in [-0.2, -0.15) is 0 Å². The van der Waals surface area contributed by atoms with Gasteiger partial charge in [-0.1, -0.05) is 6.07 Å². The first kappa shape index (κ1) is 10.2. The number of hydrogen-bond donors (Lipinski definition) is 1. The first-order chi connectivity index (χ1) is 7.05. The van der Waals surface area contributed by atoms with Gasteiger partial charge in [0.25, 0.3) is 0 Å². The maximum absolute atomic E-state index is 12.5.